The average molecular weight is 348 g/mol. The minimum absolute atomic E-state index is 0.0125. The SMILES string of the molecule is O=C(NC1=NCCS1)c1cc(I)ccc1O. The molecule has 6 heteroatoms. The molecular formula is C10H9IN2O2S. The molecule has 0 radical (unpaired) electrons. The number of nitrogens with zero attached hydrogens (tertiary/aromatic N) is 1. The maximum absolute atomic E-state index is 11.8. The summed E-state index contributed by atoms with van der Waals surface area (Å²) in [4.78, 5) is 15.9. The van der Waals surface area contributed by atoms with E-state index in [1.54, 1.807) is 12.1 Å². The zero-order valence-corrected chi connectivity index (χ0v) is 11.2. The van der Waals surface area contributed by atoms with Crippen molar-refractivity contribution < 1.29 is 9.90 Å². The summed E-state index contributed by atoms with van der Waals surface area (Å²) in [6, 6.07) is 4.90. The number of amides is 1. The van der Waals surface area contributed by atoms with E-state index in [1.807, 2.05) is 0 Å². The smallest absolute Gasteiger partial charge is 0.261 e. The first-order valence-electron chi connectivity index (χ1n) is 4.64. The maximum atomic E-state index is 11.8. The highest BCUT2D eigenvalue weighted by molar-refractivity contribution is 14.1. The molecule has 0 spiro atoms. The monoisotopic (exact) mass is 348 g/mol. The highest BCUT2D eigenvalue weighted by Gasteiger charge is 2.15. The van der Waals surface area contributed by atoms with Gasteiger partial charge in [-0.2, -0.15) is 0 Å². The van der Waals surface area contributed by atoms with Crippen LogP contribution in [0.3, 0.4) is 0 Å². The van der Waals surface area contributed by atoms with Gasteiger partial charge in [-0.15, -0.1) is 0 Å². The molecule has 0 fully saturated rings. The first-order chi connectivity index (χ1) is 7.66. The quantitative estimate of drug-likeness (QED) is 0.762. The normalized spacial score (nSPS) is 14.7. The topological polar surface area (TPSA) is 61.7 Å². The van der Waals surface area contributed by atoms with Crippen molar-refractivity contribution in [2.24, 2.45) is 4.99 Å². The van der Waals surface area contributed by atoms with Crippen LogP contribution in [0.5, 0.6) is 5.75 Å². The van der Waals surface area contributed by atoms with E-state index in [9.17, 15) is 9.90 Å². The van der Waals surface area contributed by atoms with Crippen molar-refractivity contribution in [3.8, 4) is 5.75 Å². The first kappa shape index (κ1) is 11.7. The molecule has 84 valence electrons. The molecule has 1 aliphatic rings. The van der Waals surface area contributed by atoms with Crippen LogP contribution < -0.4 is 5.32 Å². The van der Waals surface area contributed by atoms with Crippen LogP contribution in [0.15, 0.2) is 23.2 Å². The minimum atomic E-state index is -0.316. The van der Waals surface area contributed by atoms with E-state index < -0.39 is 0 Å². The van der Waals surface area contributed by atoms with Gasteiger partial charge >= 0.3 is 0 Å². The number of aromatic hydroxyl groups is 1. The van der Waals surface area contributed by atoms with Crippen molar-refractivity contribution in [2.75, 3.05) is 12.3 Å². The lowest BCUT2D eigenvalue weighted by Gasteiger charge is -2.06. The number of amidine groups is 1. The highest BCUT2D eigenvalue weighted by Crippen LogP contribution is 2.20. The predicted octanol–water partition coefficient (Wildman–Crippen LogP) is 1.83. The second kappa shape index (κ2) is 5.05. The van der Waals surface area contributed by atoms with Gasteiger partial charge in [0.2, 0.25) is 0 Å². The fourth-order valence-corrected chi connectivity index (χ4v) is 2.48. The highest BCUT2D eigenvalue weighted by atomic mass is 127. The number of benzene rings is 1. The molecule has 16 heavy (non-hydrogen) atoms. The number of carbonyl (C=O) groups is 1. The van der Waals surface area contributed by atoms with E-state index in [1.165, 1.54) is 17.8 Å². The number of hydrogen-bond donors (Lipinski definition) is 2. The summed E-state index contributed by atoms with van der Waals surface area (Å²) in [6.45, 7) is 0.735. The molecule has 0 atom stereocenters. The second-order valence-corrected chi connectivity index (χ2v) is 5.48. The Kier molecular flexibility index (Phi) is 3.70. The lowest BCUT2D eigenvalue weighted by atomic mass is 10.2. The Hall–Kier alpha value is -0.760. The summed E-state index contributed by atoms with van der Waals surface area (Å²) in [6.07, 6.45) is 0. The number of nitrogens with one attached hydrogen (secondary N) is 1. The Morgan fingerprint density at radius 3 is 3.06 bits per heavy atom. The maximum Gasteiger partial charge on any atom is 0.261 e. The summed E-state index contributed by atoms with van der Waals surface area (Å²) >= 11 is 3.60. The Labute approximate surface area is 111 Å². The number of rotatable bonds is 1. The number of aliphatic imine (C=N–C) groups is 1. The van der Waals surface area contributed by atoms with Crippen LogP contribution in [0.1, 0.15) is 10.4 Å². The largest absolute Gasteiger partial charge is 0.507 e. The molecular weight excluding hydrogens is 339 g/mol. The molecule has 1 aromatic carbocycles. The second-order valence-electron chi connectivity index (χ2n) is 3.15. The Morgan fingerprint density at radius 2 is 2.38 bits per heavy atom. The number of phenols is 1. The standard InChI is InChI=1S/C10H9IN2O2S/c11-6-1-2-8(14)7(5-6)9(15)13-10-12-3-4-16-10/h1-2,5,14H,3-4H2,(H,12,13,15). The molecule has 2 rings (SSSR count). The summed E-state index contributed by atoms with van der Waals surface area (Å²) in [5, 5.41) is 12.9. The average Bonchev–Trinajstić information content (AvgIpc) is 2.74. The van der Waals surface area contributed by atoms with E-state index in [0.29, 0.717) is 5.17 Å². The molecule has 2 N–H and O–H groups in total. The van der Waals surface area contributed by atoms with E-state index in [-0.39, 0.29) is 17.2 Å². The van der Waals surface area contributed by atoms with Crippen LogP contribution in [0.2, 0.25) is 0 Å². The molecule has 4 nitrogen and oxygen atoms in total. The lowest BCUT2D eigenvalue weighted by Crippen LogP contribution is -2.27. The van der Waals surface area contributed by atoms with Crippen molar-refractivity contribution in [2.45, 2.75) is 0 Å². The molecule has 0 aliphatic carbocycles. The first-order valence-corrected chi connectivity index (χ1v) is 6.70. The van der Waals surface area contributed by atoms with Crippen molar-refractivity contribution in [1.29, 1.82) is 0 Å². The molecule has 0 saturated heterocycles. The van der Waals surface area contributed by atoms with Crippen LogP contribution >= 0.6 is 34.4 Å². The summed E-state index contributed by atoms with van der Waals surface area (Å²) in [5.74, 6) is 0.569. The van der Waals surface area contributed by atoms with Gasteiger partial charge < -0.3 is 10.4 Å². The van der Waals surface area contributed by atoms with E-state index in [2.05, 4.69) is 32.9 Å². The Balaban J connectivity index is 2.16. The van der Waals surface area contributed by atoms with Crippen LogP contribution in [-0.4, -0.2) is 28.5 Å². The minimum Gasteiger partial charge on any atom is -0.507 e. The van der Waals surface area contributed by atoms with Gasteiger partial charge in [0.15, 0.2) is 5.17 Å². The third-order valence-electron chi connectivity index (χ3n) is 2.01. The fraction of sp³-hybridized carbons (Fsp3) is 0.200. The van der Waals surface area contributed by atoms with E-state index in [0.717, 1.165) is 15.9 Å². The molecule has 1 amide bonds. The zero-order chi connectivity index (χ0) is 11.5. The Bertz CT molecular complexity index is 462. The summed E-state index contributed by atoms with van der Waals surface area (Å²) < 4.78 is 0.904. The lowest BCUT2D eigenvalue weighted by molar-refractivity contribution is 0.0975. The molecule has 1 aliphatic heterocycles. The summed E-state index contributed by atoms with van der Waals surface area (Å²) in [7, 11) is 0. The van der Waals surface area contributed by atoms with E-state index >= 15 is 0 Å². The fourth-order valence-electron chi connectivity index (χ4n) is 1.27. The molecule has 0 aromatic heterocycles. The molecule has 1 aromatic rings. The van der Waals surface area contributed by atoms with Gasteiger partial charge in [-0.25, -0.2) is 0 Å². The molecule has 1 heterocycles. The van der Waals surface area contributed by atoms with Gasteiger partial charge in [-0.3, -0.25) is 9.79 Å². The van der Waals surface area contributed by atoms with Crippen LogP contribution in [0.4, 0.5) is 0 Å². The van der Waals surface area contributed by atoms with Gasteiger partial charge in [-0.1, -0.05) is 11.8 Å². The van der Waals surface area contributed by atoms with Crippen LogP contribution in [0, 0.1) is 3.57 Å². The van der Waals surface area contributed by atoms with Crippen LogP contribution in [0.25, 0.3) is 0 Å². The number of hydrogen-bond acceptors (Lipinski definition) is 4. The third kappa shape index (κ3) is 2.67. The van der Waals surface area contributed by atoms with Gasteiger partial charge in [0.05, 0.1) is 12.1 Å². The Morgan fingerprint density at radius 1 is 1.56 bits per heavy atom. The van der Waals surface area contributed by atoms with Gasteiger partial charge in [0, 0.05) is 9.32 Å². The van der Waals surface area contributed by atoms with Crippen molar-refractivity contribution >= 4 is 45.4 Å². The van der Waals surface area contributed by atoms with Crippen molar-refractivity contribution in [3.05, 3.63) is 27.3 Å². The molecule has 0 saturated carbocycles. The van der Waals surface area contributed by atoms with Gasteiger partial charge in [0.25, 0.3) is 5.91 Å². The zero-order valence-electron chi connectivity index (χ0n) is 8.24. The molecule has 0 unspecified atom stereocenters. The molecule has 0 bridgehead atoms. The van der Waals surface area contributed by atoms with Crippen molar-refractivity contribution in [3.63, 3.8) is 0 Å². The van der Waals surface area contributed by atoms with Gasteiger partial charge in [-0.05, 0) is 40.8 Å². The van der Waals surface area contributed by atoms with Crippen LogP contribution in [-0.2, 0) is 0 Å². The number of phenolic OH excluding ortho intramolecular Hbond substituents is 1. The number of carbonyl (C=O) groups excluding carboxylic acids is 1. The van der Waals surface area contributed by atoms with Crippen molar-refractivity contribution in [1.82, 2.24) is 5.32 Å². The number of halogens is 1. The number of thioether (sulfide) groups is 1. The van der Waals surface area contributed by atoms with E-state index in [4.69, 9.17) is 0 Å². The summed E-state index contributed by atoms with van der Waals surface area (Å²) in [5.41, 5.74) is 0.280. The van der Waals surface area contributed by atoms with Gasteiger partial charge in [0.1, 0.15) is 5.75 Å². The predicted molar refractivity (Wildman–Crippen MR) is 73.1 cm³/mol. The third-order valence-corrected chi connectivity index (χ3v) is 3.57.